The van der Waals surface area contributed by atoms with Gasteiger partial charge in [0.1, 0.15) is 0 Å². The molecular formula is C19H24N2O2S. The number of piperidine rings is 1. The Morgan fingerprint density at radius 2 is 1.75 bits per heavy atom. The van der Waals surface area contributed by atoms with Gasteiger partial charge in [0, 0.05) is 6.04 Å². The van der Waals surface area contributed by atoms with Crippen molar-refractivity contribution < 1.29 is 8.42 Å². The van der Waals surface area contributed by atoms with Crippen molar-refractivity contribution in [1.29, 1.82) is 0 Å². The van der Waals surface area contributed by atoms with Crippen molar-refractivity contribution in [3.63, 3.8) is 0 Å². The van der Waals surface area contributed by atoms with Crippen molar-refractivity contribution in [1.82, 2.24) is 9.62 Å². The molecule has 3 rings (SSSR count). The average molecular weight is 344 g/mol. The molecule has 2 aromatic carbocycles. The molecule has 0 aliphatic carbocycles. The fourth-order valence-electron chi connectivity index (χ4n) is 3.58. The molecule has 5 heteroatoms. The summed E-state index contributed by atoms with van der Waals surface area (Å²) in [5.74, 6) is 0. The average Bonchev–Trinajstić information content (AvgIpc) is 2.54. The molecule has 4 nitrogen and oxygen atoms in total. The van der Waals surface area contributed by atoms with Crippen LogP contribution in [0.4, 0.5) is 0 Å². The Bertz CT molecular complexity index is 790. The Kier molecular flexibility index (Phi) is 5.04. The molecule has 1 N–H and O–H groups in total. The molecular weight excluding hydrogens is 320 g/mol. The van der Waals surface area contributed by atoms with Crippen LogP contribution in [-0.4, -0.2) is 39.2 Å². The van der Waals surface area contributed by atoms with E-state index in [0.29, 0.717) is 0 Å². The predicted octanol–water partition coefficient (Wildman–Crippen LogP) is 3.04. The van der Waals surface area contributed by atoms with Crippen LogP contribution >= 0.6 is 0 Å². The topological polar surface area (TPSA) is 49.4 Å². The normalized spacial score (nSPS) is 22.4. The van der Waals surface area contributed by atoms with Gasteiger partial charge in [-0.3, -0.25) is 4.90 Å². The second-order valence-corrected chi connectivity index (χ2v) is 8.34. The summed E-state index contributed by atoms with van der Waals surface area (Å²) in [6.45, 7) is 0.974. The van der Waals surface area contributed by atoms with Crippen molar-refractivity contribution in [2.24, 2.45) is 0 Å². The maximum Gasteiger partial charge on any atom is 0.209 e. The van der Waals surface area contributed by atoms with Crippen LogP contribution in [0, 0.1) is 0 Å². The Balaban J connectivity index is 1.95. The van der Waals surface area contributed by atoms with Gasteiger partial charge in [-0.05, 0) is 49.2 Å². The van der Waals surface area contributed by atoms with Crippen molar-refractivity contribution in [3.8, 4) is 11.1 Å². The van der Waals surface area contributed by atoms with Crippen LogP contribution in [0.3, 0.4) is 0 Å². The number of nitrogens with one attached hydrogen (secondary N) is 1. The van der Waals surface area contributed by atoms with Crippen LogP contribution in [0.25, 0.3) is 11.1 Å². The molecule has 0 saturated carbocycles. The molecule has 0 amide bonds. The summed E-state index contributed by atoms with van der Waals surface area (Å²) in [6, 6.07) is 18.6. The summed E-state index contributed by atoms with van der Waals surface area (Å²) in [5.41, 5.74) is 3.48. The fourth-order valence-corrected chi connectivity index (χ4v) is 4.38. The summed E-state index contributed by atoms with van der Waals surface area (Å²) in [6.07, 6.45) is 3.09. The first kappa shape index (κ1) is 17.1. The summed E-state index contributed by atoms with van der Waals surface area (Å²) in [4.78, 5) is 2.25. The number of benzene rings is 2. The van der Waals surface area contributed by atoms with Crippen molar-refractivity contribution in [2.45, 2.75) is 24.9 Å². The SMILES string of the molecule is CN1CCCC(NS(C)(=O)=O)C1c1cccc(-c2ccccc2)c1. The molecule has 0 spiro atoms. The minimum absolute atomic E-state index is 0.0529. The van der Waals surface area contributed by atoms with Crippen LogP contribution in [0.15, 0.2) is 54.6 Å². The number of rotatable bonds is 4. The second kappa shape index (κ2) is 7.05. The fraction of sp³-hybridized carbons (Fsp3) is 0.368. The summed E-state index contributed by atoms with van der Waals surface area (Å²) in [5, 5.41) is 0. The highest BCUT2D eigenvalue weighted by atomic mass is 32.2. The first-order chi connectivity index (χ1) is 11.4. The van der Waals surface area contributed by atoms with Gasteiger partial charge in [-0.2, -0.15) is 0 Å². The van der Waals surface area contributed by atoms with Crippen LogP contribution in [0.1, 0.15) is 24.4 Å². The lowest BCUT2D eigenvalue weighted by molar-refractivity contribution is 0.154. The summed E-state index contributed by atoms with van der Waals surface area (Å²) in [7, 11) is -1.16. The lowest BCUT2D eigenvalue weighted by atomic mass is 9.90. The maximum absolute atomic E-state index is 11.7. The zero-order chi connectivity index (χ0) is 17.2. The van der Waals surface area contributed by atoms with Gasteiger partial charge >= 0.3 is 0 Å². The number of hydrogen-bond donors (Lipinski definition) is 1. The van der Waals surface area contributed by atoms with Crippen molar-refractivity contribution in [2.75, 3.05) is 19.8 Å². The molecule has 24 heavy (non-hydrogen) atoms. The molecule has 2 atom stereocenters. The van der Waals surface area contributed by atoms with Crippen molar-refractivity contribution in [3.05, 3.63) is 60.2 Å². The van der Waals surface area contributed by atoms with Crippen LogP contribution in [-0.2, 0) is 10.0 Å². The van der Waals surface area contributed by atoms with Gasteiger partial charge in [-0.1, -0.05) is 48.5 Å². The lowest BCUT2D eigenvalue weighted by Gasteiger charge is -2.39. The largest absolute Gasteiger partial charge is 0.298 e. The Hall–Kier alpha value is -1.69. The highest BCUT2D eigenvalue weighted by Gasteiger charge is 2.32. The first-order valence-electron chi connectivity index (χ1n) is 8.27. The Morgan fingerprint density at radius 1 is 1.04 bits per heavy atom. The summed E-state index contributed by atoms with van der Waals surface area (Å²) < 4.78 is 26.3. The van der Waals surface area contributed by atoms with Crippen LogP contribution in [0.5, 0.6) is 0 Å². The molecule has 0 aromatic heterocycles. The van der Waals surface area contributed by atoms with E-state index < -0.39 is 10.0 Å². The third kappa shape index (κ3) is 4.04. The zero-order valence-corrected chi connectivity index (χ0v) is 15.0. The molecule has 2 unspecified atom stereocenters. The van der Waals surface area contributed by atoms with Crippen LogP contribution < -0.4 is 4.72 Å². The molecule has 1 aliphatic heterocycles. The number of likely N-dealkylation sites (N-methyl/N-ethyl adjacent to an activating group) is 1. The quantitative estimate of drug-likeness (QED) is 0.927. The van der Waals surface area contributed by atoms with Gasteiger partial charge in [-0.25, -0.2) is 13.1 Å². The number of nitrogens with zero attached hydrogens (tertiary/aromatic N) is 1. The highest BCUT2D eigenvalue weighted by Crippen LogP contribution is 2.32. The zero-order valence-electron chi connectivity index (χ0n) is 14.1. The van der Waals surface area contributed by atoms with Crippen LogP contribution in [0.2, 0.25) is 0 Å². The number of likely N-dealkylation sites (tertiary alicyclic amines) is 1. The minimum atomic E-state index is -3.23. The van der Waals surface area contributed by atoms with E-state index >= 15 is 0 Å². The van der Waals surface area contributed by atoms with E-state index in [0.717, 1.165) is 30.5 Å². The molecule has 0 bridgehead atoms. The maximum atomic E-state index is 11.7. The van der Waals surface area contributed by atoms with Gasteiger partial charge in [-0.15, -0.1) is 0 Å². The first-order valence-corrected chi connectivity index (χ1v) is 10.2. The Morgan fingerprint density at radius 3 is 2.46 bits per heavy atom. The number of sulfonamides is 1. The second-order valence-electron chi connectivity index (χ2n) is 6.56. The van der Waals surface area contributed by atoms with Gasteiger partial charge in [0.05, 0.1) is 12.3 Å². The minimum Gasteiger partial charge on any atom is -0.298 e. The lowest BCUT2D eigenvalue weighted by Crippen LogP contribution is -2.48. The van der Waals surface area contributed by atoms with E-state index in [1.807, 2.05) is 18.2 Å². The molecule has 1 heterocycles. The van der Waals surface area contributed by atoms with Gasteiger partial charge < -0.3 is 0 Å². The third-order valence-electron chi connectivity index (χ3n) is 4.58. The van der Waals surface area contributed by atoms with E-state index in [4.69, 9.17) is 0 Å². The molecule has 1 aliphatic rings. The van der Waals surface area contributed by atoms with E-state index in [1.165, 1.54) is 11.8 Å². The van der Waals surface area contributed by atoms with E-state index in [9.17, 15) is 8.42 Å². The van der Waals surface area contributed by atoms with E-state index in [-0.39, 0.29) is 12.1 Å². The van der Waals surface area contributed by atoms with E-state index in [1.54, 1.807) is 0 Å². The van der Waals surface area contributed by atoms with Crippen molar-refractivity contribution >= 4 is 10.0 Å². The molecule has 1 saturated heterocycles. The monoisotopic (exact) mass is 344 g/mol. The smallest absolute Gasteiger partial charge is 0.209 e. The number of hydrogen-bond acceptors (Lipinski definition) is 3. The Labute approximate surface area is 144 Å². The van der Waals surface area contributed by atoms with E-state index in [2.05, 4.69) is 53.1 Å². The highest BCUT2D eigenvalue weighted by molar-refractivity contribution is 7.88. The molecule has 1 fully saturated rings. The molecule has 0 radical (unpaired) electrons. The van der Waals surface area contributed by atoms with Gasteiger partial charge in [0.25, 0.3) is 0 Å². The molecule has 128 valence electrons. The predicted molar refractivity (Wildman–Crippen MR) is 98.3 cm³/mol. The summed E-state index contributed by atoms with van der Waals surface area (Å²) >= 11 is 0. The molecule has 2 aromatic rings. The van der Waals surface area contributed by atoms with Gasteiger partial charge in [0.15, 0.2) is 0 Å². The standard InChI is InChI=1S/C19H24N2O2S/c1-21-13-7-12-18(20-24(2,22)23)19(21)17-11-6-10-16(14-17)15-8-4-3-5-9-15/h3-6,8-11,14,18-20H,7,12-13H2,1-2H3. The van der Waals surface area contributed by atoms with Gasteiger partial charge in [0.2, 0.25) is 10.0 Å². The third-order valence-corrected chi connectivity index (χ3v) is 5.31.